The van der Waals surface area contributed by atoms with Crippen molar-refractivity contribution in [3.8, 4) is 0 Å². The third-order valence-electron chi connectivity index (χ3n) is 0.707. The van der Waals surface area contributed by atoms with E-state index in [0.717, 1.165) is 12.8 Å². The van der Waals surface area contributed by atoms with Crippen LogP contribution in [0.1, 0.15) is 39.5 Å². The largest absolute Gasteiger partial charge is 2.00 e. The van der Waals surface area contributed by atoms with Crippen molar-refractivity contribution in [1.29, 1.82) is 0 Å². The first-order valence-electron chi connectivity index (χ1n) is 3.41. The first-order chi connectivity index (χ1) is 3.83. The number of rotatable bonds is 2. The van der Waals surface area contributed by atoms with Crippen LogP contribution in [-0.2, 0) is 0 Å². The van der Waals surface area contributed by atoms with E-state index in [2.05, 4.69) is 27.7 Å². The molecule has 0 nitrogen and oxygen atoms in total. The maximum absolute atomic E-state index is 3.60. The molecule has 0 aromatic rings. The van der Waals surface area contributed by atoms with E-state index in [0.29, 0.717) is 0 Å². The molecule has 2 heteroatoms. The van der Waals surface area contributed by atoms with Crippen molar-refractivity contribution in [3.63, 3.8) is 0 Å². The second kappa shape index (κ2) is 31.3. The molecule has 0 heterocycles. The molecule has 0 atom stereocenters. The molecule has 0 aliphatic rings. The van der Waals surface area contributed by atoms with Crippen LogP contribution in [0.5, 0.6) is 0 Å². The van der Waals surface area contributed by atoms with Gasteiger partial charge in [-0.25, -0.2) is 0 Å². The fourth-order valence-corrected chi connectivity index (χ4v) is 0. The van der Waals surface area contributed by atoms with Gasteiger partial charge in [0.2, 0.25) is 0 Å². The predicted molar refractivity (Wildman–Crippen MR) is 61.7 cm³/mol. The minimum absolute atomic E-state index is 0. The molecule has 0 aliphatic heterocycles. The Balaban J connectivity index is -0.0000000300. The summed E-state index contributed by atoms with van der Waals surface area (Å²) in [5, 5.41) is 0. The SMILES string of the molecule is I.[CH2-]CCC.[CH2-]CCC.[Mg+2]. The zero-order valence-electron chi connectivity index (χ0n) is 7.36. The van der Waals surface area contributed by atoms with E-state index < -0.39 is 0 Å². The molecule has 0 aromatic heterocycles. The molecule has 10 heavy (non-hydrogen) atoms. The molecule has 0 N–H and O–H groups in total. The van der Waals surface area contributed by atoms with Crippen LogP contribution in [0.25, 0.3) is 0 Å². The number of hydrogen-bond donors (Lipinski definition) is 0. The van der Waals surface area contributed by atoms with Crippen LogP contribution >= 0.6 is 24.0 Å². The molecule has 0 amide bonds. The summed E-state index contributed by atoms with van der Waals surface area (Å²) in [7, 11) is 0. The van der Waals surface area contributed by atoms with Crippen molar-refractivity contribution in [2.75, 3.05) is 0 Å². The molecule has 0 bridgehead atoms. The van der Waals surface area contributed by atoms with Gasteiger partial charge in [-0.15, -0.1) is 24.0 Å². The molecule has 0 spiro atoms. The van der Waals surface area contributed by atoms with Gasteiger partial charge < -0.3 is 13.8 Å². The van der Waals surface area contributed by atoms with Gasteiger partial charge in [-0.1, -0.05) is 26.7 Å². The van der Waals surface area contributed by atoms with Gasteiger partial charge in [0.15, 0.2) is 0 Å². The fraction of sp³-hybridized carbons (Fsp3) is 0.750. The first kappa shape index (κ1) is 22.5. The summed E-state index contributed by atoms with van der Waals surface area (Å²) in [5.74, 6) is 0. The van der Waals surface area contributed by atoms with Crippen molar-refractivity contribution < 1.29 is 0 Å². The van der Waals surface area contributed by atoms with Gasteiger partial charge in [-0.2, -0.15) is 12.8 Å². The zero-order chi connectivity index (χ0) is 6.83. The van der Waals surface area contributed by atoms with Gasteiger partial charge in [0, 0.05) is 0 Å². The molecule has 0 aliphatic carbocycles. The van der Waals surface area contributed by atoms with Crippen LogP contribution in [0.4, 0.5) is 0 Å². The molecule has 60 valence electrons. The Labute approximate surface area is 99.7 Å². The van der Waals surface area contributed by atoms with E-state index in [1.165, 1.54) is 12.8 Å². The third kappa shape index (κ3) is 56.1. The summed E-state index contributed by atoms with van der Waals surface area (Å²) < 4.78 is 0. The first-order valence-corrected chi connectivity index (χ1v) is 3.41. The minimum atomic E-state index is 0. The quantitative estimate of drug-likeness (QED) is 0.408. The monoisotopic (exact) mass is 266 g/mol. The molecule has 0 saturated carbocycles. The number of halogens is 1. The van der Waals surface area contributed by atoms with Crippen LogP contribution in [0.3, 0.4) is 0 Å². The van der Waals surface area contributed by atoms with Crippen molar-refractivity contribution in [2.45, 2.75) is 39.5 Å². The minimum Gasteiger partial charge on any atom is -0.343 e. The summed E-state index contributed by atoms with van der Waals surface area (Å²) in [4.78, 5) is 0. The second-order valence-electron chi connectivity index (χ2n) is 1.71. The van der Waals surface area contributed by atoms with Gasteiger partial charge in [0.1, 0.15) is 0 Å². The molecule has 0 aromatic carbocycles. The average molecular weight is 266 g/mol. The van der Waals surface area contributed by atoms with E-state index in [-0.39, 0.29) is 47.0 Å². The summed E-state index contributed by atoms with van der Waals surface area (Å²) in [5.41, 5.74) is 0. The Hall–Kier alpha value is 1.50. The van der Waals surface area contributed by atoms with Gasteiger partial charge in [-0.05, 0) is 0 Å². The van der Waals surface area contributed by atoms with Crippen LogP contribution in [0, 0.1) is 13.8 Å². The Kier molecular flexibility index (Phi) is 70.6. The maximum atomic E-state index is 3.60. The predicted octanol–water partition coefficient (Wildman–Crippen LogP) is 3.48. The Morgan fingerprint density at radius 2 is 1.00 bits per heavy atom. The van der Waals surface area contributed by atoms with E-state index in [4.69, 9.17) is 0 Å². The Bertz CT molecular complexity index is 17.2. The smallest absolute Gasteiger partial charge is 0.343 e. The van der Waals surface area contributed by atoms with E-state index in [1.807, 2.05) is 0 Å². The van der Waals surface area contributed by atoms with Crippen molar-refractivity contribution >= 4 is 47.0 Å². The molecule has 0 rings (SSSR count). The van der Waals surface area contributed by atoms with Gasteiger partial charge in [0.25, 0.3) is 0 Å². The molecule has 0 radical (unpaired) electrons. The Morgan fingerprint density at radius 3 is 1.00 bits per heavy atom. The zero-order valence-corrected chi connectivity index (χ0v) is 11.1. The number of hydrogen-bond acceptors (Lipinski definition) is 0. The number of unbranched alkanes of at least 4 members (excludes halogenated alkanes) is 2. The standard InChI is InChI=1S/2C4H9.HI.Mg/c2*1-3-4-2;;/h2*1,3-4H2,2H3;1H;/q2*-1;;+2. The summed E-state index contributed by atoms with van der Waals surface area (Å²) in [6.07, 6.45) is 4.56. The van der Waals surface area contributed by atoms with E-state index in [1.54, 1.807) is 0 Å². The molecular weight excluding hydrogens is 247 g/mol. The second-order valence-corrected chi connectivity index (χ2v) is 1.71. The van der Waals surface area contributed by atoms with Gasteiger partial charge in [-0.3, -0.25) is 0 Å². The van der Waals surface area contributed by atoms with Gasteiger partial charge in [0.05, 0.1) is 0 Å². The summed E-state index contributed by atoms with van der Waals surface area (Å²) in [6.45, 7) is 11.4. The molecule has 0 saturated heterocycles. The van der Waals surface area contributed by atoms with E-state index >= 15 is 0 Å². The molecule has 0 unspecified atom stereocenters. The fourth-order valence-electron chi connectivity index (χ4n) is 0. The summed E-state index contributed by atoms with van der Waals surface area (Å²) in [6, 6.07) is 0. The van der Waals surface area contributed by atoms with E-state index in [9.17, 15) is 0 Å². The van der Waals surface area contributed by atoms with Crippen LogP contribution in [-0.4, -0.2) is 23.1 Å². The van der Waals surface area contributed by atoms with Gasteiger partial charge >= 0.3 is 23.1 Å². The van der Waals surface area contributed by atoms with Crippen molar-refractivity contribution in [1.82, 2.24) is 0 Å². The maximum Gasteiger partial charge on any atom is 2.00 e. The molecule has 0 fully saturated rings. The third-order valence-corrected chi connectivity index (χ3v) is 0.707. The van der Waals surface area contributed by atoms with Crippen molar-refractivity contribution in [2.24, 2.45) is 0 Å². The normalized spacial score (nSPS) is 6.00. The van der Waals surface area contributed by atoms with Crippen molar-refractivity contribution in [3.05, 3.63) is 13.8 Å². The average Bonchev–Trinajstić information content (AvgIpc) is 1.88. The van der Waals surface area contributed by atoms with Crippen LogP contribution in [0.15, 0.2) is 0 Å². The van der Waals surface area contributed by atoms with Crippen LogP contribution < -0.4 is 0 Å². The Morgan fingerprint density at radius 1 is 0.900 bits per heavy atom. The summed E-state index contributed by atoms with van der Waals surface area (Å²) >= 11 is 0. The molecular formula is C8H19IMg. The van der Waals surface area contributed by atoms with Crippen LogP contribution in [0.2, 0.25) is 0 Å². The topological polar surface area (TPSA) is 0 Å².